The molecule has 3 aromatic rings. The van der Waals surface area contributed by atoms with E-state index in [1.165, 1.54) is 33.5 Å². The molecule has 0 fully saturated rings. The Morgan fingerprint density at radius 2 is 1.15 bits per heavy atom. The van der Waals surface area contributed by atoms with E-state index in [1.54, 1.807) is 0 Å². The summed E-state index contributed by atoms with van der Waals surface area (Å²) in [5, 5.41) is 5.39. The van der Waals surface area contributed by atoms with Crippen molar-refractivity contribution < 1.29 is 0 Å². The van der Waals surface area contributed by atoms with Crippen molar-refractivity contribution in [3.63, 3.8) is 0 Å². The maximum atomic E-state index is 2.26. The van der Waals surface area contributed by atoms with Crippen molar-refractivity contribution in [3.8, 4) is 0 Å². The summed E-state index contributed by atoms with van der Waals surface area (Å²) in [5.74, 6) is 0. The van der Waals surface area contributed by atoms with Crippen molar-refractivity contribution in [2.24, 2.45) is 0 Å². The van der Waals surface area contributed by atoms with Gasteiger partial charge in [0.1, 0.15) is 0 Å². The van der Waals surface area contributed by atoms with E-state index in [1.807, 2.05) is 13.8 Å². The third kappa shape index (κ3) is 3.60. The van der Waals surface area contributed by atoms with Crippen LogP contribution in [0.3, 0.4) is 0 Å². The van der Waals surface area contributed by atoms with Crippen LogP contribution in [0.25, 0.3) is 21.5 Å². The molecule has 0 spiro atoms. The predicted molar refractivity (Wildman–Crippen MR) is 93.5 cm³/mol. The van der Waals surface area contributed by atoms with E-state index in [0.717, 1.165) is 0 Å². The van der Waals surface area contributed by atoms with Crippen molar-refractivity contribution in [1.82, 2.24) is 0 Å². The van der Waals surface area contributed by atoms with Crippen molar-refractivity contribution >= 4 is 21.5 Å². The Morgan fingerprint density at radius 1 is 0.700 bits per heavy atom. The fraction of sp³-hybridized carbons (Fsp3) is 0.300. The van der Waals surface area contributed by atoms with Gasteiger partial charge in [0.2, 0.25) is 0 Å². The van der Waals surface area contributed by atoms with Gasteiger partial charge >= 0.3 is 0 Å². The molecule has 0 heteroatoms. The molecule has 0 aliphatic heterocycles. The Balaban J connectivity index is 0.000000357. The van der Waals surface area contributed by atoms with E-state index in [9.17, 15) is 0 Å². The zero-order valence-electron chi connectivity index (χ0n) is 13.4. The van der Waals surface area contributed by atoms with Gasteiger partial charge in [0.05, 0.1) is 0 Å². The highest BCUT2D eigenvalue weighted by Crippen LogP contribution is 2.27. The highest BCUT2D eigenvalue weighted by molar-refractivity contribution is 6.08. The average Bonchev–Trinajstić information content (AvgIpc) is 2.51. The lowest BCUT2D eigenvalue weighted by molar-refractivity contribution is 1.09. The lowest BCUT2D eigenvalue weighted by atomic mass is 9.98. The number of aryl methyl sites for hydroxylation is 1. The Labute approximate surface area is 123 Å². The van der Waals surface area contributed by atoms with Gasteiger partial charge in [-0.05, 0) is 34.0 Å². The molecule has 0 atom stereocenters. The van der Waals surface area contributed by atoms with E-state index in [2.05, 4.69) is 75.4 Å². The first kappa shape index (κ1) is 16.2. The van der Waals surface area contributed by atoms with Gasteiger partial charge in [-0.15, -0.1) is 0 Å². The van der Waals surface area contributed by atoms with Crippen molar-refractivity contribution in [2.75, 3.05) is 0 Å². The highest BCUT2D eigenvalue weighted by atomic mass is 14.1. The Morgan fingerprint density at radius 3 is 1.75 bits per heavy atom. The Bertz CT molecular complexity index is 650. The van der Waals surface area contributed by atoms with Gasteiger partial charge in [-0.25, -0.2) is 0 Å². The normalized spacial score (nSPS) is 9.45. The van der Waals surface area contributed by atoms with Crippen LogP contribution in [-0.4, -0.2) is 0 Å². The number of benzene rings is 3. The van der Waals surface area contributed by atoms with Crippen LogP contribution in [0.4, 0.5) is 0 Å². The monoisotopic (exact) mass is 266 g/mol. The van der Waals surface area contributed by atoms with Gasteiger partial charge in [-0.3, -0.25) is 0 Å². The van der Waals surface area contributed by atoms with Crippen molar-refractivity contribution in [1.29, 1.82) is 0 Å². The molecule has 3 aromatic carbocycles. The maximum absolute atomic E-state index is 2.26. The summed E-state index contributed by atoms with van der Waals surface area (Å²) in [6, 6.07) is 19.4. The third-order valence-corrected chi connectivity index (χ3v) is 2.97. The summed E-state index contributed by atoms with van der Waals surface area (Å²) < 4.78 is 0. The van der Waals surface area contributed by atoms with Gasteiger partial charge in [0, 0.05) is 0 Å². The first-order valence-corrected chi connectivity index (χ1v) is 7.65. The van der Waals surface area contributed by atoms with E-state index < -0.39 is 0 Å². The van der Waals surface area contributed by atoms with Gasteiger partial charge in [-0.1, -0.05) is 88.7 Å². The summed E-state index contributed by atoms with van der Waals surface area (Å²) >= 11 is 0. The summed E-state index contributed by atoms with van der Waals surface area (Å²) in [4.78, 5) is 0. The fourth-order valence-corrected chi connectivity index (χ4v) is 2.24. The highest BCUT2D eigenvalue weighted by Gasteiger charge is 2.01. The van der Waals surface area contributed by atoms with Crippen LogP contribution in [0.1, 0.15) is 39.7 Å². The van der Waals surface area contributed by atoms with Crippen LogP contribution < -0.4 is 0 Å². The molecule has 0 aliphatic rings. The average molecular weight is 266 g/mol. The fourth-order valence-electron chi connectivity index (χ4n) is 2.24. The molecule has 0 nitrogen and oxygen atoms in total. The molecule has 0 N–H and O–H groups in total. The molecule has 0 aliphatic carbocycles. The second-order valence-corrected chi connectivity index (χ2v) is 4.67. The topological polar surface area (TPSA) is 0 Å². The van der Waals surface area contributed by atoms with Gasteiger partial charge < -0.3 is 0 Å². The van der Waals surface area contributed by atoms with Crippen LogP contribution in [0.5, 0.6) is 0 Å². The molecule has 0 aromatic heterocycles. The maximum Gasteiger partial charge on any atom is -0.0103 e. The van der Waals surface area contributed by atoms with Crippen LogP contribution in [0.15, 0.2) is 54.6 Å². The number of fused-ring (bicyclic) bond motifs is 3. The zero-order chi connectivity index (χ0) is 15.0. The molecule has 0 bridgehead atoms. The second-order valence-electron chi connectivity index (χ2n) is 4.67. The molecule has 0 radical (unpaired) electrons. The SMILES string of the molecule is CC.CCC.Cc1cc2ccccc2c2ccccc12. The van der Waals surface area contributed by atoms with Gasteiger partial charge in [-0.2, -0.15) is 0 Å². The third-order valence-electron chi connectivity index (χ3n) is 2.97. The first-order chi connectivity index (χ1) is 9.77. The Kier molecular flexibility index (Phi) is 6.79. The number of hydrogen-bond acceptors (Lipinski definition) is 0. The number of hydrogen-bond donors (Lipinski definition) is 0. The van der Waals surface area contributed by atoms with Crippen LogP contribution in [0.2, 0.25) is 0 Å². The summed E-state index contributed by atoms with van der Waals surface area (Å²) in [6.45, 7) is 10.4. The molecular formula is C20H26. The van der Waals surface area contributed by atoms with Gasteiger partial charge in [0.15, 0.2) is 0 Å². The summed E-state index contributed by atoms with van der Waals surface area (Å²) in [7, 11) is 0. The smallest absolute Gasteiger partial charge is 0.0103 e. The van der Waals surface area contributed by atoms with Crippen LogP contribution >= 0.6 is 0 Å². The minimum atomic E-state index is 1.25. The summed E-state index contributed by atoms with van der Waals surface area (Å²) in [5.41, 5.74) is 1.35. The molecule has 0 saturated carbocycles. The molecule has 106 valence electrons. The van der Waals surface area contributed by atoms with E-state index in [-0.39, 0.29) is 0 Å². The van der Waals surface area contributed by atoms with E-state index in [0.29, 0.717) is 0 Å². The Hall–Kier alpha value is -1.82. The second kappa shape index (κ2) is 8.37. The molecule has 0 amide bonds. The molecule has 20 heavy (non-hydrogen) atoms. The van der Waals surface area contributed by atoms with Gasteiger partial charge in [0.25, 0.3) is 0 Å². The zero-order valence-corrected chi connectivity index (χ0v) is 13.4. The lowest BCUT2D eigenvalue weighted by Gasteiger charge is -2.06. The lowest BCUT2D eigenvalue weighted by Crippen LogP contribution is -1.81. The molecular weight excluding hydrogens is 240 g/mol. The van der Waals surface area contributed by atoms with Crippen molar-refractivity contribution in [2.45, 2.75) is 41.0 Å². The van der Waals surface area contributed by atoms with Crippen LogP contribution in [0, 0.1) is 6.92 Å². The molecule has 0 unspecified atom stereocenters. The van der Waals surface area contributed by atoms with Crippen LogP contribution in [-0.2, 0) is 0 Å². The molecule has 0 heterocycles. The quantitative estimate of drug-likeness (QED) is 0.395. The van der Waals surface area contributed by atoms with E-state index in [4.69, 9.17) is 0 Å². The minimum Gasteiger partial charge on any atom is -0.0683 e. The standard InChI is InChI=1S/C15H12.C3H8.C2H6/c1-11-10-12-6-2-3-8-14(12)15-9-5-4-7-13(11)15;1-3-2;1-2/h2-10H,1H3;3H2,1-2H3;1-2H3. The van der Waals surface area contributed by atoms with Crippen molar-refractivity contribution in [3.05, 3.63) is 60.2 Å². The first-order valence-electron chi connectivity index (χ1n) is 7.65. The number of rotatable bonds is 0. The molecule has 3 rings (SSSR count). The largest absolute Gasteiger partial charge is 0.0683 e. The summed E-state index contributed by atoms with van der Waals surface area (Å²) in [6.07, 6.45) is 1.25. The molecule has 0 saturated heterocycles. The predicted octanol–water partition coefficient (Wildman–Crippen LogP) is 6.74. The minimum absolute atomic E-state index is 1.25. The van der Waals surface area contributed by atoms with E-state index >= 15 is 0 Å².